The van der Waals surface area contributed by atoms with E-state index in [0.29, 0.717) is 27.7 Å². The summed E-state index contributed by atoms with van der Waals surface area (Å²) < 4.78 is 15.0. The molecule has 2 amide bonds. The Morgan fingerprint density at radius 3 is 2.62 bits per heavy atom. The van der Waals surface area contributed by atoms with Crippen LogP contribution in [0.3, 0.4) is 0 Å². The Balaban J connectivity index is 1.69. The van der Waals surface area contributed by atoms with E-state index < -0.39 is 11.7 Å². The molecule has 0 spiro atoms. The van der Waals surface area contributed by atoms with Crippen LogP contribution < -0.4 is 10.6 Å². The van der Waals surface area contributed by atoms with Gasteiger partial charge in [0.1, 0.15) is 12.4 Å². The molecule has 0 aliphatic carbocycles. The number of aromatic nitrogens is 3. The molecule has 2 aromatic carbocycles. The number of carbonyl (C=O) groups is 2. The number of halogens is 2. The molecule has 1 heterocycles. The maximum absolute atomic E-state index is 13.7. The van der Waals surface area contributed by atoms with Gasteiger partial charge in [-0.1, -0.05) is 28.9 Å². The number of benzene rings is 2. The Labute approximate surface area is 171 Å². The lowest BCUT2D eigenvalue weighted by Crippen LogP contribution is -2.21. The largest absolute Gasteiger partial charge is 0.324 e. The minimum atomic E-state index is -0.539. The first-order valence-electron chi connectivity index (χ1n) is 8.79. The molecule has 0 atom stereocenters. The number of anilines is 2. The third-order valence-electron chi connectivity index (χ3n) is 4.46. The van der Waals surface area contributed by atoms with Gasteiger partial charge in [0, 0.05) is 16.4 Å². The fourth-order valence-corrected chi connectivity index (χ4v) is 2.82. The second kappa shape index (κ2) is 8.40. The lowest BCUT2D eigenvalue weighted by molar-refractivity contribution is -0.117. The van der Waals surface area contributed by atoms with Gasteiger partial charge in [-0.25, -0.2) is 9.07 Å². The van der Waals surface area contributed by atoms with Crippen molar-refractivity contribution >= 4 is 34.8 Å². The SMILES string of the molecule is Cc1ccc(NC(=O)c2nnn(CC(=O)Nc3cccc(Cl)c3C)c2C)cc1F. The van der Waals surface area contributed by atoms with Crippen LogP contribution in [0.4, 0.5) is 15.8 Å². The Kier molecular flexibility index (Phi) is 5.93. The minimum Gasteiger partial charge on any atom is -0.324 e. The Morgan fingerprint density at radius 1 is 1.14 bits per heavy atom. The topological polar surface area (TPSA) is 88.9 Å². The van der Waals surface area contributed by atoms with Crippen LogP contribution in [0.15, 0.2) is 36.4 Å². The van der Waals surface area contributed by atoms with Crippen molar-refractivity contribution in [2.24, 2.45) is 0 Å². The molecule has 0 radical (unpaired) electrons. The van der Waals surface area contributed by atoms with E-state index in [0.717, 1.165) is 5.56 Å². The minimum absolute atomic E-state index is 0.0534. The van der Waals surface area contributed by atoms with Gasteiger partial charge in [-0.3, -0.25) is 9.59 Å². The quantitative estimate of drug-likeness (QED) is 0.661. The number of hydrogen-bond acceptors (Lipinski definition) is 4. The summed E-state index contributed by atoms with van der Waals surface area (Å²) in [6.45, 7) is 4.93. The van der Waals surface area contributed by atoms with Gasteiger partial charge in [-0.15, -0.1) is 5.10 Å². The van der Waals surface area contributed by atoms with E-state index in [1.54, 1.807) is 51.1 Å². The standard InChI is InChI=1S/C20H19ClFN5O2/c1-11-7-8-14(9-16(11)22)23-20(29)19-13(3)27(26-25-19)10-18(28)24-17-6-4-5-15(21)12(17)2/h4-9H,10H2,1-3H3,(H,23,29)(H,24,28). The van der Waals surface area contributed by atoms with Crippen LogP contribution >= 0.6 is 11.6 Å². The summed E-state index contributed by atoms with van der Waals surface area (Å²) in [5.41, 5.74) is 2.60. The number of nitrogens with zero attached hydrogens (tertiary/aromatic N) is 3. The van der Waals surface area contributed by atoms with Gasteiger partial charge in [0.15, 0.2) is 5.69 Å². The average Bonchev–Trinajstić information content (AvgIpc) is 3.02. The Hall–Kier alpha value is -3.26. The van der Waals surface area contributed by atoms with Crippen LogP contribution in [-0.4, -0.2) is 26.8 Å². The first kappa shape index (κ1) is 20.5. The van der Waals surface area contributed by atoms with Gasteiger partial charge < -0.3 is 10.6 Å². The first-order chi connectivity index (χ1) is 13.8. The third kappa shape index (κ3) is 4.60. The zero-order chi connectivity index (χ0) is 21.1. The van der Waals surface area contributed by atoms with Crippen LogP contribution in [0.1, 0.15) is 27.3 Å². The molecular formula is C20H19ClFN5O2. The van der Waals surface area contributed by atoms with Gasteiger partial charge in [0.05, 0.1) is 5.69 Å². The maximum Gasteiger partial charge on any atom is 0.278 e. The fraction of sp³-hybridized carbons (Fsp3) is 0.200. The summed E-state index contributed by atoms with van der Waals surface area (Å²) in [5, 5.41) is 13.6. The normalized spacial score (nSPS) is 10.7. The van der Waals surface area contributed by atoms with Crippen molar-refractivity contribution < 1.29 is 14.0 Å². The molecule has 7 nitrogen and oxygen atoms in total. The smallest absolute Gasteiger partial charge is 0.278 e. The third-order valence-corrected chi connectivity index (χ3v) is 4.87. The highest BCUT2D eigenvalue weighted by Gasteiger charge is 2.19. The lowest BCUT2D eigenvalue weighted by Gasteiger charge is -2.10. The second-order valence-corrected chi connectivity index (χ2v) is 6.97. The van der Waals surface area contributed by atoms with Crippen molar-refractivity contribution in [3.05, 3.63) is 69.8 Å². The molecule has 0 fully saturated rings. The van der Waals surface area contributed by atoms with Crippen molar-refractivity contribution in [2.45, 2.75) is 27.3 Å². The highest BCUT2D eigenvalue weighted by Crippen LogP contribution is 2.23. The number of hydrogen-bond donors (Lipinski definition) is 2. The number of amides is 2. The number of rotatable bonds is 5. The van der Waals surface area contributed by atoms with Crippen molar-refractivity contribution in [2.75, 3.05) is 10.6 Å². The van der Waals surface area contributed by atoms with Gasteiger partial charge in [0.2, 0.25) is 5.91 Å². The van der Waals surface area contributed by atoms with E-state index in [9.17, 15) is 14.0 Å². The fourth-order valence-electron chi connectivity index (χ4n) is 2.65. The van der Waals surface area contributed by atoms with Gasteiger partial charge in [-0.2, -0.15) is 0 Å². The van der Waals surface area contributed by atoms with Crippen LogP contribution in [0, 0.1) is 26.6 Å². The molecule has 0 aliphatic heterocycles. The summed E-state index contributed by atoms with van der Waals surface area (Å²) in [6.07, 6.45) is 0. The molecule has 1 aromatic heterocycles. The van der Waals surface area contributed by atoms with Crippen LogP contribution in [0.2, 0.25) is 5.02 Å². The summed E-state index contributed by atoms with van der Waals surface area (Å²) in [6, 6.07) is 9.61. The highest BCUT2D eigenvalue weighted by molar-refractivity contribution is 6.31. The highest BCUT2D eigenvalue weighted by atomic mass is 35.5. The predicted octanol–water partition coefficient (Wildman–Crippen LogP) is 3.89. The predicted molar refractivity (Wildman–Crippen MR) is 109 cm³/mol. The van der Waals surface area contributed by atoms with Crippen molar-refractivity contribution in [1.82, 2.24) is 15.0 Å². The molecular weight excluding hydrogens is 397 g/mol. The van der Waals surface area contributed by atoms with Gasteiger partial charge >= 0.3 is 0 Å². The molecule has 29 heavy (non-hydrogen) atoms. The van der Waals surface area contributed by atoms with Gasteiger partial charge in [0.25, 0.3) is 5.91 Å². The monoisotopic (exact) mass is 415 g/mol. The average molecular weight is 416 g/mol. The number of carbonyl (C=O) groups excluding carboxylic acids is 2. The van der Waals surface area contributed by atoms with E-state index in [1.165, 1.54) is 10.7 Å². The number of nitrogens with one attached hydrogen (secondary N) is 2. The second-order valence-electron chi connectivity index (χ2n) is 6.56. The van der Waals surface area contributed by atoms with E-state index in [4.69, 9.17) is 11.6 Å². The van der Waals surface area contributed by atoms with Gasteiger partial charge in [-0.05, 0) is 56.2 Å². The Morgan fingerprint density at radius 2 is 1.90 bits per heavy atom. The van der Waals surface area contributed by atoms with E-state index in [2.05, 4.69) is 20.9 Å². The van der Waals surface area contributed by atoms with E-state index in [-0.39, 0.29) is 18.1 Å². The molecule has 0 bridgehead atoms. The molecule has 3 aromatic rings. The summed E-state index contributed by atoms with van der Waals surface area (Å²) in [5.74, 6) is -1.30. The van der Waals surface area contributed by atoms with Crippen molar-refractivity contribution in [3.8, 4) is 0 Å². The molecule has 0 aliphatic rings. The summed E-state index contributed by atoms with van der Waals surface area (Å²) in [7, 11) is 0. The Bertz CT molecular complexity index is 1100. The molecule has 3 rings (SSSR count). The van der Waals surface area contributed by atoms with Crippen molar-refractivity contribution in [1.29, 1.82) is 0 Å². The maximum atomic E-state index is 13.7. The first-order valence-corrected chi connectivity index (χ1v) is 9.16. The van der Waals surface area contributed by atoms with Crippen molar-refractivity contribution in [3.63, 3.8) is 0 Å². The molecule has 0 unspecified atom stereocenters. The molecule has 2 N–H and O–H groups in total. The summed E-state index contributed by atoms with van der Waals surface area (Å²) in [4.78, 5) is 24.8. The van der Waals surface area contributed by atoms with Crippen LogP contribution in [0.5, 0.6) is 0 Å². The zero-order valence-electron chi connectivity index (χ0n) is 16.1. The zero-order valence-corrected chi connectivity index (χ0v) is 16.8. The van der Waals surface area contributed by atoms with E-state index in [1.807, 2.05) is 0 Å². The number of aryl methyl sites for hydroxylation is 1. The molecule has 0 saturated heterocycles. The van der Waals surface area contributed by atoms with E-state index >= 15 is 0 Å². The van der Waals surface area contributed by atoms with Crippen LogP contribution in [0.25, 0.3) is 0 Å². The molecule has 9 heteroatoms. The lowest BCUT2D eigenvalue weighted by atomic mass is 10.2. The molecule has 150 valence electrons. The van der Waals surface area contributed by atoms with Crippen LogP contribution in [-0.2, 0) is 11.3 Å². The molecule has 0 saturated carbocycles. The summed E-state index contributed by atoms with van der Waals surface area (Å²) >= 11 is 6.06.